The zero-order chi connectivity index (χ0) is 10.7. The van der Waals surface area contributed by atoms with Crippen molar-refractivity contribution in [3.63, 3.8) is 0 Å². The molecule has 14 heavy (non-hydrogen) atoms. The topological polar surface area (TPSA) is 29.0 Å². The van der Waals surface area contributed by atoms with Gasteiger partial charge in [-0.25, -0.2) is 9.97 Å². The first kappa shape index (κ1) is 11.2. The summed E-state index contributed by atoms with van der Waals surface area (Å²) in [7, 11) is 2.02. The van der Waals surface area contributed by atoms with Crippen molar-refractivity contribution in [3.05, 3.63) is 17.0 Å². The van der Waals surface area contributed by atoms with Gasteiger partial charge in [-0.05, 0) is 20.3 Å². The fourth-order valence-corrected chi connectivity index (χ4v) is 1.50. The molecule has 0 aromatic carbocycles. The summed E-state index contributed by atoms with van der Waals surface area (Å²) >= 11 is 6.00. The molecule has 3 nitrogen and oxygen atoms in total. The van der Waals surface area contributed by atoms with Crippen LogP contribution >= 0.6 is 11.6 Å². The molecule has 0 bridgehead atoms. The predicted molar refractivity (Wildman–Crippen MR) is 60.0 cm³/mol. The van der Waals surface area contributed by atoms with Gasteiger partial charge in [-0.15, -0.1) is 0 Å². The van der Waals surface area contributed by atoms with Gasteiger partial charge in [0.25, 0.3) is 0 Å². The summed E-state index contributed by atoms with van der Waals surface area (Å²) in [5.41, 5.74) is 1.02. The van der Waals surface area contributed by atoms with Crippen molar-refractivity contribution >= 4 is 17.4 Å². The minimum absolute atomic E-state index is 0.409. The SMILES string of the molecule is CCc1c(Cl)ncnc1N(C)C(C)C. The van der Waals surface area contributed by atoms with Crippen molar-refractivity contribution in [2.24, 2.45) is 0 Å². The Hall–Kier alpha value is -0.830. The summed E-state index contributed by atoms with van der Waals surface area (Å²) in [6.45, 7) is 6.30. The van der Waals surface area contributed by atoms with E-state index < -0.39 is 0 Å². The first-order chi connectivity index (χ1) is 6.57. The maximum absolute atomic E-state index is 6.00. The van der Waals surface area contributed by atoms with Gasteiger partial charge in [-0.2, -0.15) is 0 Å². The van der Waals surface area contributed by atoms with Crippen molar-refractivity contribution in [2.75, 3.05) is 11.9 Å². The molecule has 78 valence electrons. The van der Waals surface area contributed by atoms with Gasteiger partial charge in [0.05, 0.1) is 0 Å². The highest BCUT2D eigenvalue weighted by molar-refractivity contribution is 6.30. The molecule has 0 fully saturated rings. The summed E-state index contributed by atoms with van der Waals surface area (Å²) < 4.78 is 0. The van der Waals surface area contributed by atoms with Crippen LogP contribution in [0.1, 0.15) is 26.3 Å². The van der Waals surface area contributed by atoms with Crippen molar-refractivity contribution in [1.82, 2.24) is 9.97 Å². The number of rotatable bonds is 3. The van der Waals surface area contributed by atoms with Gasteiger partial charge in [0.2, 0.25) is 0 Å². The molecule has 1 rings (SSSR count). The minimum atomic E-state index is 0.409. The lowest BCUT2D eigenvalue weighted by Gasteiger charge is -2.24. The maximum Gasteiger partial charge on any atom is 0.137 e. The van der Waals surface area contributed by atoms with Crippen LogP contribution in [0.4, 0.5) is 5.82 Å². The Balaban J connectivity index is 3.13. The third-order valence-electron chi connectivity index (χ3n) is 2.33. The smallest absolute Gasteiger partial charge is 0.137 e. The van der Waals surface area contributed by atoms with Gasteiger partial charge < -0.3 is 4.90 Å². The van der Waals surface area contributed by atoms with E-state index in [0.29, 0.717) is 11.2 Å². The summed E-state index contributed by atoms with van der Waals surface area (Å²) in [6, 6.07) is 0.409. The lowest BCUT2D eigenvalue weighted by atomic mass is 10.2. The number of anilines is 1. The molecule has 0 atom stereocenters. The average Bonchev–Trinajstić information content (AvgIpc) is 2.16. The van der Waals surface area contributed by atoms with Crippen LogP contribution in [0.25, 0.3) is 0 Å². The van der Waals surface area contributed by atoms with E-state index in [4.69, 9.17) is 11.6 Å². The van der Waals surface area contributed by atoms with Gasteiger partial charge in [-0.1, -0.05) is 18.5 Å². The standard InChI is InChI=1S/C10H16ClN3/c1-5-8-9(11)12-6-13-10(8)14(4)7(2)3/h6-7H,5H2,1-4H3. The maximum atomic E-state index is 6.00. The molecule has 0 unspecified atom stereocenters. The van der Waals surface area contributed by atoms with Crippen molar-refractivity contribution in [1.29, 1.82) is 0 Å². The summed E-state index contributed by atoms with van der Waals surface area (Å²) in [6.07, 6.45) is 2.36. The highest BCUT2D eigenvalue weighted by Crippen LogP contribution is 2.23. The molecule has 1 aromatic rings. The highest BCUT2D eigenvalue weighted by atomic mass is 35.5. The van der Waals surface area contributed by atoms with E-state index in [1.54, 1.807) is 0 Å². The van der Waals surface area contributed by atoms with Crippen LogP contribution < -0.4 is 4.90 Å². The number of hydrogen-bond acceptors (Lipinski definition) is 3. The summed E-state index contributed by atoms with van der Waals surface area (Å²) in [5.74, 6) is 0.933. The minimum Gasteiger partial charge on any atom is -0.357 e. The van der Waals surface area contributed by atoms with Crippen LogP contribution in [-0.2, 0) is 6.42 Å². The zero-order valence-corrected chi connectivity index (χ0v) is 9.84. The van der Waals surface area contributed by atoms with E-state index >= 15 is 0 Å². The molecule has 0 aliphatic rings. The summed E-state index contributed by atoms with van der Waals surface area (Å²) in [5, 5.41) is 0.560. The molecule has 1 heterocycles. The third-order valence-corrected chi connectivity index (χ3v) is 2.66. The highest BCUT2D eigenvalue weighted by Gasteiger charge is 2.13. The van der Waals surface area contributed by atoms with Gasteiger partial charge in [0, 0.05) is 18.7 Å². The van der Waals surface area contributed by atoms with Crippen LogP contribution in [0.5, 0.6) is 0 Å². The Morgan fingerprint density at radius 2 is 2.07 bits per heavy atom. The predicted octanol–water partition coefficient (Wildman–Crippen LogP) is 2.54. The van der Waals surface area contributed by atoms with Gasteiger partial charge in [0.1, 0.15) is 17.3 Å². The van der Waals surface area contributed by atoms with E-state index in [0.717, 1.165) is 17.8 Å². The summed E-state index contributed by atoms with van der Waals surface area (Å²) in [4.78, 5) is 10.3. The van der Waals surface area contributed by atoms with E-state index in [1.165, 1.54) is 6.33 Å². The average molecular weight is 214 g/mol. The fraction of sp³-hybridized carbons (Fsp3) is 0.600. The van der Waals surface area contributed by atoms with Crippen LogP contribution in [0, 0.1) is 0 Å². The Bertz CT molecular complexity index is 312. The van der Waals surface area contributed by atoms with Gasteiger partial charge >= 0.3 is 0 Å². The molecule has 0 radical (unpaired) electrons. The van der Waals surface area contributed by atoms with Gasteiger partial charge in [0.15, 0.2) is 0 Å². The van der Waals surface area contributed by atoms with Crippen LogP contribution in [0.15, 0.2) is 6.33 Å². The number of hydrogen-bond donors (Lipinski definition) is 0. The van der Waals surface area contributed by atoms with E-state index in [2.05, 4.69) is 35.6 Å². The Morgan fingerprint density at radius 1 is 1.43 bits per heavy atom. The second-order valence-electron chi connectivity index (χ2n) is 3.52. The first-order valence-corrected chi connectivity index (χ1v) is 5.17. The quantitative estimate of drug-likeness (QED) is 0.723. The Labute approximate surface area is 90.1 Å². The molecule has 1 aromatic heterocycles. The zero-order valence-electron chi connectivity index (χ0n) is 9.08. The second kappa shape index (κ2) is 4.60. The molecular formula is C10H16ClN3. The number of nitrogens with zero attached hydrogens (tertiary/aromatic N) is 3. The molecule has 0 N–H and O–H groups in total. The largest absolute Gasteiger partial charge is 0.357 e. The van der Waals surface area contributed by atoms with Crippen molar-refractivity contribution in [2.45, 2.75) is 33.2 Å². The monoisotopic (exact) mass is 213 g/mol. The number of halogens is 1. The Morgan fingerprint density at radius 3 is 2.57 bits per heavy atom. The van der Waals surface area contributed by atoms with Crippen LogP contribution in [-0.4, -0.2) is 23.1 Å². The molecule has 0 amide bonds. The molecule has 0 aliphatic carbocycles. The van der Waals surface area contributed by atoms with Crippen LogP contribution in [0.2, 0.25) is 5.15 Å². The number of aromatic nitrogens is 2. The van der Waals surface area contributed by atoms with Crippen LogP contribution in [0.3, 0.4) is 0 Å². The van der Waals surface area contributed by atoms with E-state index in [9.17, 15) is 0 Å². The normalized spacial score (nSPS) is 10.7. The lowest BCUT2D eigenvalue weighted by Crippen LogP contribution is -2.27. The molecular weight excluding hydrogens is 198 g/mol. The van der Waals surface area contributed by atoms with Gasteiger partial charge in [-0.3, -0.25) is 0 Å². The fourth-order valence-electron chi connectivity index (χ4n) is 1.23. The molecule has 0 spiro atoms. The van der Waals surface area contributed by atoms with E-state index in [-0.39, 0.29) is 0 Å². The first-order valence-electron chi connectivity index (χ1n) is 4.80. The second-order valence-corrected chi connectivity index (χ2v) is 3.88. The lowest BCUT2D eigenvalue weighted by molar-refractivity contribution is 0.735. The molecule has 4 heteroatoms. The molecule has 0 saturated carbocycles. The van der Waals surface area contributed by atoms with Crippen molar-refractivity contribution in [3.8, 4) is 0 Å². The van der Waals surface area contributed by atoms with E-state index in [1.807, 2.05) is 7.05 Å². The molecule has 0 saturated heterocycles. The molecule has 0 aliphatic heterocycles. The third kappa shape index (κ3) is 2.15. The Kier molecular flexibility index (Phi) is 3.69. The van der Waals surface area contributed by atoms with Crippen molar-refractivity contribution < 1.29 is 0 Å².